The molecule has 0 aliphatic carbocycles. The summed E-state index contributed by atoms with van der Waals surface area (Å²) in [6, 6.07) is 11.8. The highest BCUT2D eigenvalue weighted by atomic mass is 16.2. The van der Waals surface area contributed by atoms with E-state index in [0.29, 0.717) is 37.6 Å². The maximum absolute atomic E-state index is 12.6. The molecule has 6 heteroatoms. The Bertz CT molecular complexity index is 804. The van der Waals surface area contributed by atoms with Crippen molar-refractivity contribution in [3.63, 3.8) is 0 Å². The highest BCUT2D eigenvalue weighted by Gasteiger charge is 2.22. The first-order valence-electron chi connectivity index (χ1n) is 9.20. The van der Waals surface area contributed by atoms with Crippen LogP contribution in [0.2, 0.25) is 0 Å². The molecule has 142 valence electrons. The van der Waals surface area contributed by atoms with Gasteiger partial charge < -0.3 is 15.1 Å². The predicted molar refractivity (Wildman–Crippen MR) is 106 cm³/mol. The van der Waals surface area contributed by atoms with Gasteiger partial charge in [0.2, 0.25) is 6.41 Å². The van der Waals surface area contributed by atoms with Gasteiger partial charge in [0.1, 0.15) is 5.82 Å². The number of amides is 2. The van der Waals surface area contributed by atoms with Crippen LogP contribution < -0.4 is 5.32 Å². The van der Waals surface area contributed by atoms with Crippen LogP contribution >= 0.6 is 0 Å². The van der Waals surface area contributed by atoms with Crippen LogP contribution in [0.15, 0.2) is 42.6 Å². The van der Waals surface area contributed by atoms with Gasteiger partial charge in [-0.3, -0.25) is 9.59 Å². The fraction of sp³-hybridized carbons (Fsp3) is 0.381. The maximum Gasteiger partial charge on any atom is 0.255 e. The number of carbonyl (C=O) groups excluding carboxylic acids is 2. The van der Waals surface area contributed by atoms with E-state index in [1.54, 1.807) is 22.1 Å². The van der Waals surface area contributed by atoms with Crippen molar-refractivity contribution in [3.8, 4) is 0 Å². The number of pyridine rings is 1. The number of aromatic nitrogens is 1. The summed E-state index contributed by atoms with van der Waals surface area (Å²) in [7, 11) is 0. The summed E-state index contributed by atoms with van der Waals surface area (Å²) in [5.74, 6) is 0.656. The van der Waals surface area contributed by atoms with Crippen molar-refractivity contribution >= 4 is 23.8 Å². The Morgan fingerprint density at radius 2 is 1.78 bits per heavy atom. The first kappa shape index (κ1) is 18.9. The molecule has 1 aliphatic heterocycles. The number of nitrogens with one attached hydrogen (secondary N) is 1. The Kier molecular flexibility index (Phi) is 5.44. The van der Waals surface area contributed by atoms with Gasteiger partial charge in [-0.25, -0.2) is 4.98 Å². The molecule has 1 N–H and O–H groups in total. The van der Waals surface area contributed by atoms with Crippen LogP contribution in [0.25, 0.3) is 0 Å². The third-order valence-corrected chi connectivity index (χ3v) is 4.76. The second-order valence-electron chi connectivity index (χ2n) is 7.79. The number of anilines is 2. The standard InChI is InChI=1S/C21H26N4O2/c1-21(2,3)17-6-4-5-7-18(17)23-19-9-8-16(14-22-19)20(27)25-12-10-24(15-26)11-13-25/h4-9,14-15H,10-13H2,1-3H3,(H,22,23). The van der Waals surface area contributed by atoms with Gasteiger partial charge in [0, 0.05) is 38.1 Å². The molecule has 0 saturated carbocycles. The number of nitrogens with zero attached hydrogens (tertiary/aromatic N) is 3. The molecule has 0 atom stereocenters. The molecule has 1 aliphatic rings. The fourth-order valence-electron chi connectivity index (χ4n) is 3.19. The normalized spacial score (nSPS) is 14.8. The third kappa shape index (κ3) is 4.45. The van der Waals surface area contributed by atoms with Gasteiger partial charge in [0.15, 0.2) is 0 Å². The first-order valence-corrected chi connectivity index (χ1v) is 9.20. The number of piperazine rings is 1. The summed E-state index contributed by atoms with van der Waals surface area (Å²) < 4.78 is 0. The number of hydrogen-bond donors (Lipinski definition) is 1. The molecule has 0 spiro atoms. The van der Waals surface area contributed by atoms with Crippen LogP contribution in [-0.4, -0.2) is 53.3 Å². The van der Waals surface area contributed by atoms with Gasteiger partial charge in [-0.15, -0.1) is 0 Å². The lowest BCUT2D eigenvalue weighted by Gasteiger charge is -2.32. The molecule has 1 fully saturated rings. The Labute approximate surface area is 160 Å². The minimum atomic E-state index is -0.0466. The summed E-state index contributed by atoms with van der Waals surface area (Å²) in [5, 5.41) is 3.36. The fourth-order valence-corrected chi connectivity index (χ4v) is 3.19. The van der Waals surface area contributed by atoms with Crippen molar-refractivity contribution in [2.75, 3.05) is 31.5 Å². The molecular formula is C21H26N4O2. The monoisotopic (exact) mass is 366 g/mol. The predicted octanol–water partition coefficient (Wildman–Crippen LogP) is 3.04. The SMILES string of the molecule is CC(C)(C)c1ccccc1Nc1ccc(C(=O)N2CCN(C=O)CC2)cn1. The summed E-state index contributed by atoms with van der Waals surface area (Å²) in [6.45, 7) is 8.78. The lowest BCUT2D eigenvalue weighted by molar-refractivity contribution is -0.119. The van der Waals surface area contributed by atoms with E-state index in [4.69, 9.17) is 0 Å². The maximum atomic E-state index is 12.6. The van der Waals surface area contributed by atoms with Crippen LogP contribution in [0.5, 0.6) is 0 Å². The smallest absolute Gasteiger partial charge is 0.255 e. The van der Waals surface area contributed by atoms with E-state index in [9.17, 15) is 9.59 Å². The van der Waals surface area contributed by atoms with Crippen LogP contribution in [0, 0.1) is 0 Å². The molecule has 1 saturated heterocycles. The van der Waals surface area contributed by atoms with E-state index in [-0.39, 0.29) is 11.3 Å². The molecule has 0 radical (unpaired) electrons. The second kappa shape index (κ2) is 7.78. The van der Waals surface area contributed by atoms with E-state index < -0.39 is 0 Å². The van der Waals surface area contributed by atoms with E-state index in [1.165, 1.54) is 5.56 Å². The van der Waals surface area contributed by atoms with Crippen LogP contribution in [-0.2, 0) is 10.2 Å². The highest BCUT2D eigenvalue weighted by Crippen LogP contribution is 2.30. The Hall–Kier alpha value is -2.89. The van der Waals surface area contributed by atoms with Gasteiger partial charge in [0.25, 0.3) is 5.91 Å². The summed E-state index contributed by atoms with van der Waals surface area (Å²) >= 11 is 0. The average Bonchev–Trinajstić information content (AvgIpc) is 2.68. The Morgan fingerprint density at radius 3 is 2.37 bits per heavy atom. The topological polar surface area (TPSA) is 65.5 Å². The van der Waals surface area contributed by atoms with Crippen molar-refractivity contribution in [3.05, 3.63) is 53.7 Å². The van der Waals surface area contributed by atoms with Crippen LogP contribution in [0.4, 0.5) is 11.5 Å². The summed E-state index contributed by atoms with van der Waals surface area (Å²) in [6.07, 6.45) is 2.44. The lowest BCUT2D eigenvalue weighted by Crippen LogP contribution is -2.48. The summed E-state index contributed by atoms with van der Waals surface area (Å²) in [5.41, 5.74) is 2.80. The number of rotatable bonds is 4. The molecule has 0 bridgehead atoms. The lowest BCUT2D eigenvalue weighted by atomic mass is 9.86. The Balaban J connectivity index is 1.70. The molecule has 6 nitrogen and oxygen atoms in total. The van der Waals surface area contributed by atoms with Crippen LogP contribution in [0.1, 0.15) is 36.7 Å². The molecule has 1 aromatic carbocycles. The number of hydrogen-bond acceptors (Lipinski definition) is 4. The zero-order chi connectivity index (χ0) is 19.4. The molecular weight excluding hydrogens is 340 g/mol. The largest absolute Gasteiger partial charge is 0.342 e. The second-order valence-corrected chi connectivity index (χ2v) is 7.79. The van der Waals surface area contributed by atoms with Crippen molar-refractivity contribution in [2.45, 2.75) is 26.2 Å². The quantitative estimate of drug-likeness (QED) is 0.845. The first-order chi connectivity index (χ1) is 12.9. The van der Waals surface area contributed by atoms with Gasteiger partial charge in [-0.1, -0.05) is 39.0 Å². The van der Waals surface area contributed by atoms with Crippen molar-refractivity contribution in [2.24, 2.45) is 0 Å². The van der Waals surface area contributed by atoms with E-state index >= 15 is 0 Å². The molecule has 2 aromatic rings. The molecule has 2 amide bonds. The number of benzene rings is 1. The number of carbonyl (C=O) groups is 2. The molecule has 0 unspecified atom stereocenters. The highest BCUT2D eigenvalue weighted by molar-refractivity contribution is 5.94. The summed E-state index contributed by atoms with van der Waals surface area (Å²) in [4.78, 5) is 31.3. The van der Waals surface area contributed by atoms with Crippen molar-refractivity contribution < 1.29 is 9.59 Å². The van der Waals surface area contributed by atoms with E-state index in [2.05, 4.69) is 37.1 Å². The van der Waals surface area contributed by atoms with Gasteiger partial charge in [-0.2, -0.15) is 0 Å². The van der Waals surface area contributed by atoms with Gasteiger partial charge in [0.05, 0.1) is 5.56 Å². The third-order valence-electron chi connectivity index (χ3n) is 4.76. The zero-order valence-corrected chi connectivity index (χ0v) is 16.1. The van der Waals surface area contributed by atoms with Gasteiger partial charge >= 0.3 is 0 Å². The number of para-hydroxylation sites is 1. The Morgan fingerprint density at radius 1 is 1.07 bits per heavy atom. The minimum absolute atomic E-state index is 0.0170. The van der Waals surface area contributed by atoms with Gasteiger partial charge in [-0.05, 0) is 29.2 Å². The molecule has 3 rings (SSSR count). The van der Waals surface area contributed by atoms with E-state index in [0.717, 1.165) is 12.1 Å². The van der Waals surface area contributed by atoms with E-state index in [1.807, 2.05) is 24.3 Å². The average molecular weight is 366 g/mol. The zero-order valence-electron chi connectivity index (χ0n) is 16.1. The molecule has 27 heavy (non-hydrogen) atoms. The molecule has 1 aromatic heterocycles. The van der Waals surface area contributed by atoms with Crippen molar-refractivity contribution in [1.82, 2.24) is 14.8 Å². The van der Waals surface area contributed by atoms with Crippen molar-refractivity contribution in [1.29, 1.82) is 0 Å². The van der Waals surface area contributed by atoms with Crippen LogP contribution in [0.3, 0.4) is 0 Å². The minimum Gasteiger partial charge on any atom is -0.342 e. The molecule has 2 heterocycles.